The number of aromatic nitrogens is 1. The Labute approximate surface area is 82.3 Å². The molecule has 2 heterocycles. The van der Waals surface area contributed by atoms with E-state index >= 15 is 0 Å². The zero-order valence-corrected chi connectivity index (χ0v) is 8.16. The number of hydrogen-bond donors (Lipinski definition) is 2. The first-order valence-corrected chi connectivity index (χ1v) is 4.78. The Morgan fingerprint density at radius 2 is 2.43 bits per heavy atom. The molecule has 1 aliphatic rings. The van der Waals surface area contributed by atoms with Gasteiger partial charge in [-0.3, -0.25) is 4.79 Å². The van der Waals surface area contributed by atoms with Gasteiger partial charge in [0.15, 0.2) is 0 Å². The van der Waals surface area contributed by atoms with Crippen LogP contribution in [0.15, 0.2) is 6.07 Å². The summed E-state index contributed by atoms with van der Waals surface area (Å²) in [5.74, 6) is -0.961. The minimum atomic E-state index is -0.961. The third-order valence-electron chi connectivity index (χ3n) is 2.84. The van der Waals surface area contributed by atoms with Crippen molar-refractivity contribution in [3.8, 4) is 0 Å². The Kier molecular flexibility index (Phi) is 2.07. The van der Waals surface area contributed by atoms with Gasteiger partial charge in [-0.05, 0) is 31.4 Å². The molecule has 0 bridgehead atoms. The molecule has 1 aromatic heterocycles. The molecule has 1 atom stereocenters. The lowest BCUT2D eigenvalue weighted by atomic mass is 10.1. The smallest absolute Gasteiger partial charge is 0.326 e. The van der Waals surface area contributed by atoms with Gasteiger partial charge in [-0.15, -0.1) is 0 Å². The van der Waals surface area contributed by atoms with Crippen molar-refractivity contribution in [2.45, 2.75) is 32.4 Å². The lowest BCUT2D eigenvalue weighted by Crippen LogP contribution is -2.23. The van der Waals surface area contributed by atoms with Crippen LogP contribution in [0, 0.1) is 6.92 Å². The van der Waals surface area contributed by atoms with Crippen LogP contribution >= 0.6 is 0 Å². The van der Waals surface area contributed by atoms with Crippen LogP contribution in [0.2, 0.25) is 0 Å². The van der Waals surface area contributed by atoms with Crippen molar-refractivity contribution in [1.29, 1.82) is 0 Å². The van der Waals surface area contributed by atoms with Crippen LogP contribution < -0.4 is 5.73 Å². The number of fused-ring (bicyclic) bond motifs is 1. The van der Waals surface area contributed by atoms with E-state index in [9.17, 15) is 4.79 Å². The van der Waals surface area contributed by atoms with Gasteiger partial charge in [0.1, 0.15) is 6.04 Å². The summed E-state index contributed by atoms with van der Waals surface area (Å²) in [5, 5.41) is 8.84. The first-order chi connectivity index (χ1) is 6.61. The molecular formula is C10H14N2O2. The number of nitrogens with two attached hydrogens (primary N) is 1. The molecule has 2 rings (SSSR count). The van der Waals surface area contributed by atoms with E-state index in [-0.39, 0.29) is 0 Å². The Morgan fingerprint density at radius 1 is 1.71 bits per heavy atom. The summed E-state index contributed by atoms with van der Waals surface area (Å²) in [5.41, 5.74) is 8.75. The van der Waals surface area contributed by atoms with Gasteiger partial charge in [0.2, 0.25) is 0 Å². The largest absolute Gasteiger partial charge is 0.480 e. The Morgan fingerprint density at radius 3 is 3.07 bits per heavy atom. The van der Waals surface area contributed by atoms with Crippen LogP contribution in [-0.4, -0.2) is 15.6 Å². The van der Waals surface area contributed by atoms with Gasteiger partial charge in [0.25, 0.3) is 0 Å². The number of rotatable bonds is 2. The van der Waals surface area contributed by atoms with Crippen molar-refractivity contribution in [3.63, 3.8) is 0 Å². The van der Waals surface area contributed by atoms with Gasteiger partial charge in [0, 0.05) is 17.9 Å². The summed E-state index contributed by atoms with van der Waals surface area (Å²) in [6, 6.07) is 1.01. The molecule has 1 aromatic rings. The van der Waals surface area contributed by atoms with Crippen molar-refractivity contribution in [2.75, 3.05) is 0 Å². The summed E-state index contributed by atoms with van der Waals surface area (Å²) >= 11 is 0. The molecule has 0 aromatic carbocycles. The van der Waals surface area contributed by atoms with Crippen LogP contribution in [-0.2, 0) is 17.8 Å². The Bertz CT molecular complexity index is 382. The minimum absolute atomic E-state index is 0.738. The normalized spacial score (nSPS) is 16.7. The van der Waals surface area contributed by atoms with Crippen molar-refractivity contribution < 1.29 is 9.90 Å². The molecule has 76 valence electrons. The molecule has 0 spiro atoms. The Balaban J connectivity index is 2.44. The van der Waals surface area contributed by atoms with Gasteiger partial charge in [0.05, 0.1) is 0 Å². The van der Waals surface area contributed by atoms with E-state index in [1.165, 1.54) is 5.69 Å². The zero-order chi connectivity index (χ0) is 10.3. The molecule has 0 aliphatic carbocycles. The van der Waals surface area contributed by atoms with Crippen LogP contribution in [0.25, 0.3) is 0 Å². The molecule has 4 heteroatoms. The minimum Gasteiger partial charge on any atom is -0.480 e. The summed E-state index contributed by atoms with van der Waals surface area (Å²) in [6.07, 6.45) is 2.13. The van der Waals surface area contributed by atoms with Gasteiger partial charge < -0.3 is 15.4 Å². The third-order valence-corrected chi connectivity index (χ3v) is 2.84. The van der Waals surface area contributed by atoms with E-state index in [2.05, 4.69) is 0 Å². The fourth-order valence-electron chi connectivity index (χ4n) is 2.14. The lowest BCUT2D eigenvalue weighted by molar-refractivity contribution is -0.138. The topological polar surface area (TPSA) is 68.2 Å². The van der Waals surface area contributed by atoms with Crippen LogP contribution in [0.1, 0.15) is 29.4 Å². The van der Waals surface area contributed by atoms with Crippen molar-refractivity contribution >= 4 is 5.97 Å². The van der Waals surface area contributed by atoms with Crippen LogP contribution in [0.4, 0.5) is 0 Å². The second kappa shape index (κ2) is 3.13. The number of hydrogen-bond acceptors (Lipinski definition) is 2. The van der Waals surface area contributed by atoms with E-state index < -0.39 is 12.0 Å². The second-order valence-electron chi connectivity index (χ2n) is 3.77. The highest BCUT2D eigenvalue weighted by molar-refractivity contribution is 5.75. The molecule has 14 heavy (non-hydrogen) atoms. The highest BCUT2D eigenvalue weighted by Gasteiger charge is 2.24. The number of carbonyl (C=O) groups is 1. The summed E-state index contributed by atoms with van der Waals surface area (Å²) < 4.78 is 2.05. The van der Waals surface area contributed by atoms with E-state index in [0.29, 0.717) is 0 Å². The fourth-order valence-corrected chi connectivity index (χ4v) is 2.14. The highest BCUT2D eigenvalue weighted by atomic mass is 16.4. The number of aryl methyl sites for hydroxylation is 1. The van der Waals surface area contributed by atoms with Crippen molar-refractivity contribution in [2.24, 2.45) is 5.73 Å². The predicted molar refractivity (Wildman–Crippen MR) is 52.1 cm³/mol. The third kappa shape index (κ3) is 1.23. The van der Waals surface area contributed by atoms with Gasteiger partial charge in [-0.1, -0.05) is 0 Å². The quantitative estimate of drug-likeness (QED) is 0.732. The predicted octanol–water partition coefficient (Wildman–Crippen LogP) is 0.827. The molecule has 0 saturated heterocycles. The Hall–Kier alpha value is -1.29. The first-order valence-electron chi connectivity index (χ1n) is 4.78. The number of carboxylic acid groups (broad SMARTS) is 1. The first kappa shape index (κ1) is 9.27. The average Bonchev–Trinajstić information content (AvgIpc) is 2.68. The highest BCUT2D eigenvalue weighted by Crippen LogP contribution is 2.26. The molecule has 0 saturated carbocycles. The number of carboxylic acids is 1. The standard InChI is InChI=1S/C10H14N2O2/c1-6-5-8(9(11)10(13)14)12-4-2-3-7(6)12/h5,9H,2-4,11H2,1H3,(H,13,14). The van der Waals surface area contributed by atoms with E-state index in [1.807, 2.05) is 17.6 Å². The maximum atomic E-state index is 10.8. The van der Waals surface area contributed by atoms with E-state index in [0.717, 1.165) is 30.6 Å². The van der Waals surface area contributed by atoms with Crippen molar-refractivity contribution in [3.05, 3.63) is 23.0 Å². The molecular weight excluding hydrogens is 180 g/mol. The maximum Gasteiger partial charge on any atom is 0.326 e. The zero-order valence-electron chi connectivity index (χ0n) is 8.16. The maximum absolute atomic E-state index is 10.8. The lowest BCUT2D eigenvalue weighted by Gasteiger charge is -2.09. The fraction of sp³-hybridized carbons (Fsp3) is 0.500. The van der Waals surface area contributed by atoms with Crippen LogP contribution in [0.3, 0.4) is 0 Å². The molecule has 0 radical (unpaired) electrons. The molecule has 1 aliphatic heterocycles. The second-order valence-corrected chi connectivity index (χ2v) is 3.77. The van der Waals surface area contributed by atoms with Gasteiger partial charge in [-0.25, -0.2) is 0 Å². The summed E-state index contributed by atoms with van der Waals surface area (Å²) in [7, 11) is 0. The van der Waals surface area contributed by atoms with Crippen molar-refractivity contribution in [1.82, 2.24) is 4.57 Å². The SMILES string of the molecule is Cc1cc(C(N)C(=O)O)n2c1CCC2. The number of nitrogens with zero attached hydrogens (tertiary/aromatic N) is 1. The molecule has 3 N–H and O–H groups in total. The molecule has 1 unspecified atom stereocenters. The monoisotopic (exact) mass is 194 g/mol. The van der Waals surface area contributed by atoms with Crippen LogP contribution in [0.5, 0.6) is 0 Å². The van der Waals surface area contributed by atoms with Gasteiger partial charge in [-0.2, -0.15) is 0 Å². The van der Waals surface area contributed by atoms with E-state index in [4.69, 9.17) is 10.8 Å². The molecule has 0 fully saturated rings. The summed E-state index contributed by atoms with van der Waals surface area (Å²) in [6.45, 7) is 2.91. The molecule has 0 amide bonds. The summed E-state index contributed by atoms with van der Waals surface area (Å²) in [4.78, 5) is 10.8. The number of aliphatic carboxylic acids is 1. The average molecular weight is 194 g/mol. The molecule has 4 nitrogen and oxygen atoms in total. The van der Waals surface area contributed by atoms with Gasteiger partial charge >= 0.3 is 5.97 Å². The van der Waals surface area contributed by atoms with E-state index in [1.54, 1.807) is 0 Å².